The summed E-state index contributed by atoms with van der Waals surface area (Å²) in [6, 6.07) is 4.02. The van der Waals surface area contributed by atoms with Crippen molar-refractivity contribution in [3.8, 4) is 11.5 Å². The number of carbonyl (C=O) groups is 3. The Balaban J connectivity index is 2.84. The summed E-state index contributed by atoms with van der Waals surface area (Å²) in [6.45, 7) is 8.61. The summed E-state index contributed by atoms with van der Waals surface area (Å²) in [7, 11) is 3.22. The van der Waals surface area contributed by atoms with Crippen molar-refractivity contribution < 1.29 is 42.8 Å². The van der Waals surface area contributed by atoms with Gasteiger partial charge in [-0.15, -0.1) is 0 Å². The van der Waals surface area contributed by atoms with Crippen molar-refractivity contribution in [2.24, 2.45) is 0 Å². The zero-order chi connectivity index (χ0) is 39.3. The van der Waals surface area contributed by atoms with Gasteiger partial charge in [0.15, 0.2) is 11.5 Å². The van der Waals surface area contributed by atoms with E-state index in [-0.39, 0.29) is 37.9 Å². The van der Waals surface area contributed by atoms with Crippen LogP contribution >= 0.6 is 0 Å². The summed E-state index contributed by atoms with van der Waals surface area (Å²) in [5, 5.41) is 8.87. The molecule has 12 nitrogen and oxygen atoms in total. The number of benzene rings is 1. The summed E-state index contributed by atoms with van der Waals surface area (Å²) in [5.41, 5.74) is 0.300. The van der Waals surface area contributed by atoms with Crippen LogP contribution in [0.1, 0.15) is 140 Å². The molecule has 0 aliphatic heterocycles. The molecule has 0 radical (unpaired) electrons. The Morgan fingerprint density at radius 2 is 1.06 bits per heavy atom. The molecule has 1 rings (SSSR count). The monoisotopic (exact) mass is 766 g/mol. The van der Waals surface area contributed by atoms with E-state index in [1.54, 1.807) is 32.4 Å². The molecule has 1 atom stereocenters. The van der Waals surface area contributed by atoms with Crippen molar-refractivity contribution in [2.75, 3.05) is 80.2 Å². The molecule has 0 unspecified atom stereocenters. The van der Waals surface area contributed by atoms with Gasteiger partial charge in [0.05, 0.1) is 39.6 Å². The van der Waals surface area contributed by atoms with E-state index in [1.165, 1.54) is 70.6 Å². The summed E-state index contributed by atoms with van der Waals surface area (Å²) in [4.78, 5) is 39.8. The number of amides is 3. The van der Waals surface area contributed by atoms with Crippen molar-refractivity contribution in [1.82, 2.24) is 16.0 Å². The molecule has 1 aromatic carbocycles. The highest BCUT2D eigenvalue weighted by atomic mass is 16.6. The Hall–Kier alpha value is -2.93. The van der Waals surface area contributed by atoms with Gasteiger partial charge in [-0.1, -0.05) is 104 Å². The van der Waals surface area contributed by atoms with Crippen molar-refractivity contribution in [3.05, 3.63) is 23.8 Å². The van der Waals surface area contributed by atoms with Gasteiger partial charge in [-0.25, -0.2) is 0 Å². The van der Waals surface area contributed by atoms with Gasteiger partial charge in [0, 0.05) is 39.3 Å². The highest BCUT2D eigenvalue weighted by Gasteiger charge is 2.23. The molecule has 1 aromatic rings. The van der Waals surface area contributed by atoms with Gasteiger partial charge in [0.25, 0.3) is 5.91 Å². The minimum absolute atomic E-state index is 0.121. The van der Waals surface area contributed by atoms with E-state index in [1.807, 2.05) is 0 Å². The highest BCUT2D eigenvalue weighted by Crippen LogP contribution is 2.29. The molecule has 3 N–H and O–H groups in total. The summed E-state index contributed by atoms with van der Waals surface area (Å²) in [6.07, 6.45) is 19.2. The molecule has 0 aliphatic rings. The van der Waals surface area contributed by atoms with E-state index in [9.17, 15) is 14.4 Å². The van der Waals surface area contributed by atoms with E-state index < -0.39 is 11.9 Å². The largest absolute Gasteiger partial charge is 0.487 e. The third-order valence-corrected chi connectivity index (χ3v) is 9.00. The van der Waals surface area contributed by atoms with Gasteiger partial charge in [-0.2, -0.15) is 0 Å². The van der Waals surface area contributed by atoms with E-state index >= 15 is 0 Å². The lowest BCUT2D eigenvalue weighted by molar-refractivity contribution is -0.124. The highest BCUT2D eigenvalue weighted by molar-refractivity contribution is 5.98. The second kappa shape index (κ2) is 35.8. The maximum atomic E-state index is 13.6. The Morgan fingerprint density at radius 3 is 1.59 bits per heavy atom. The zero-order valence-corrected chi connectivity index (χ0v) is 34.3. The Bertz CT molecular complexity index is 1080. The van der Waals surface area contributed by atoms with E-state index in [0.717, 1.165) is 32.1 Å². The Kier molecular flexibility index (Phi) is 32.5. The molecule has 0 bridgehead atoms. The van der Waals surface area contributed by atoms with Crippen LogP contribution in [0.3, 0.4) is 0 Å². The van der Waals surface area contributed by atoms with Gasteiger partial charge < -0.3 is 44.4 Å². The first kappa shape index (κ1) is 49.1. The molecule has 0 spiro atoms. The quantitative estimate of drug-likeness (QED) is 0.0598. The molecule has 0 heterocycles. The summed E-state index contributed by atoms with van der Waals surface area (Å²) < 4.78 is 32.9. The van der Waals surface area contributed by atoms with Crippen LogP contribution in [0.5, 0.6) is 11.5 Å². The second-order valence-electron chi connectivity index (χ2n) is 13.7. The SMILES string of the molecule is CCCCCCCCCCNC(=O)CC[C@H](NC(=O)c1ccc(OCCOCCOC)c(OCCOCCOC)c1)C(=O)NCCCCCCCCCC. The van der Waals surface area contributed by atoms with E-state index in [2.05, 4.69) is 29.8 Å². The third-order valence-electron chi connectivity index (χ3n) is 9.00. The Morgan fingerprint density at radius 1 is 0.574 bits per heavy atom. The van der Waals surface area contributed by atoms with Crippen LogP contribution in [0.2, 0.25) is 0 Å². The zero-order valence-electron chi connectivity index (χ0n) is 34.3. The third kappa shape index (κ3) is 26.8. The van der Waals surface area contributed by atoms with Crippen LogP contribution in [-0.2, 0) is 28.5 Å². The number of methoxy groups -OCH3 is 2. The summed E-state index contributed by atoms with van der Waals surface area (Å²) in [5.74, 6) is -0.0424. The van der Waals surface area contributed by atoms with Crippen LogP contribution in [0.25, 0.3) is 0 Å². The average molecular weight is 766 g/mol. The number of hydrogen-bond donors (Lipinski definition) is 3. The topological polar surface area (TPSA) is 143 Å². The number of unbranched alkanes of at least 4 members (excludes halogenated alkanes) is 14. The summed E-state index contributed by atoms with van der Waals surface area (Å²) >= 11 is 0. The Labute approximate surface area is 326 Å². The van der Waals surface area contributed by atoms with Crippen LogP contribution in [-0.4, -0.2) is 104 Å². The number of carbonyl (C=O) groups excluding carboxylic acids is 3. The second-order valence-corrected chi connectivity index (χ2v) is 13.7. The molecular formula is C42H75N3O9. The normalized spacial score (nSPS) is 11.6. The van der Waals surface area contributed by atoms with Crippen LogP contribution in [0.4, 0.5) is 0 Å². The van der Waals surface area contributed by atoms with E-state index in [0.29, 0.717) is 69.8 Å². The molecule has 312 valence electrons. The number of rotatable bonds is 38. The van der Waals surface area contributed by atoms with Gasteiger partial charge in [0.2, 0.25) is 11.8 Å². The molecule has 12 heteroatoms. The van der Waals surface area contributed by atoms with Crippen LogP contribution in [0, 0.1) is 0 Å². The maximum absolute atomic E-state index is 13.6. The first-order chi connectivity index (χ1) is 26.5. The average Bonchev–Trinajstić information content (AvgIpc) is 3.17. The van der Waals surface area contributed by atoms with Crippen molar-refractivity contribution >= 4 is 17.7 Å². The fourth-order valence-corrected chi connectivity index (χ4v) is 5.75. The first-order valence-electron chi connectivity index (χ1n) is 20.8. The molecule has 3 amide bonds. The standard InChI is InChI=1S/C42H75N3O9/c1-5-7-9-11-13-15-17-19-25-43-40(46)24-22-37(42(48)44-26-20-18-16-14-12-10-8-6-2)45-41(47)36-21-23-38(53-33-31-51-29-27-49-3)39(35-36)54-34-32-52-30-28-50-4/h21,23,35,37H,5-20,22,24-34H2,1-4H3,(H,43,46)(H,44,48)(H,45,47)/t37-/m0/s1. The predicted molar refractivity (Wildman–Crippen MR) is 215 cm³/mol. The molecular weight excluding hydrogens is 690 g/mol. The first-order valence-corrected chi connectivity index (χ1v) is 20.8. The fourth-order valence-electron chi connectivity index (χ4n) is 5.75. The van der Waals surface area contributed by atoms with Gasteiger partial charge in [-0.3, -0.25) is 14.4 Å². The number of ether oxygens (including phenoxy) is 6. The molecule has 0 saturated carbocycles. The number of hydrogen-bond acceptors (Lipinski definition) is 9. The molecule has 0 fully saturated rings. The maximum Gasteiger partial charge on any atom is 0.252 e. The lowest BCUT2D eigenvalue weighted by Gasteiger charge is -2.19. The van der Waals surface area contributed by atoms with Gasteiger partial charge >= 0.3 is 0 Å². The lowest BCUT2D eigenvalue weighted by atomic mass is 10.1. The number of nitrogens with one attached hydrogen (secondary N) is 3. The van der Waals surface area contributed by atoms with Crippen molar-refractivity contribution in [2.45, 2.75) is 135 Å². The predicted octanol–water partition coefficient (Wildman–Crippen LogP) is 7.16. The van der Waals surface area contributed by atoms with Crippen LogP contribution < -0.4 is 25.4 Å². The molecule has 0 saturated heterocycles. The minimum Gasteiger partial charge on any atom is -0.487 e. The minimum atomic E-state index is -0.876. The van der Waals surface area contributed by atoms with E-state index in [4.69, 9.17) is 28.4 Å². The lowest BCUT2D eigenvalue weighted by Crippen LogP contribution is -2.47. The van der Waals surface area contributed by atoms with Crippen molar-refractivity contribution in [3.63, 3.8) is 0 Å². The molecule has 0 aliphatic carbocycles. The molecule has 0 aromatic heterocycles. The molecule has 54 heavy (non-hydrogen) atoms. The van der Waals surface area contributed by atoms with Gasteiger partial charge in [-0.05, 0) is 37.5 Å². The fraction of sp³-hybridized carbons (Fsp3) is 0.786. The van der Waals surface area contributed by atoms with Crippen LogP contribution in [0.15, 0.2) is 18.2 Å². The van der Waals surface area contributed by atoms with Gasteiger partial charge in [0.1, 0.15) is 19.3 Å². The smallest absolute Gasteiger partial charge is 0.252 e. The van der Waals surface area contributed by atoms with Crippen molar-refractivity contribution in [1.29, 1.82) is 0 Å².